The number of hydrogen-bond acceptors (Lipinski definition) is 6. The zero-order valence-electron chi connectivity index (χ0n) is 15.1. The van der Waals surface area contributed by atoms with Crippen molar-refractivity contribution in [3.05, 3.63) is 10.6 Å². The Morgan fingerprint density at radius 2 is 2.04 bits per heavy atom. The van der Waals surface area contributed by atoms with Crippen molar-refractivity contribution >= 4 is 22.4 Å². The van der Waals surface area contributed by atoms with Crippen LogP contribution in [0.2, 0.25) is 0 Å². The third kappa shape index (κ3) is 3.43. The van der Waals surface area contributed by atoms with Gasteiger partial charge >= 0.3 is 0 Å². The van der Waals surface area contributed by atoms with Gasteiger partial charge in [0.05, 0.1) is 17.8 Å². The number of thiazole rings is 1. The number of carbonyl (C=O) groups excluding carboxylic acids is 1. The lowest BCUT2D eigenvalue weighted by Gasteiger charge is -2.50. The van der Waals surface area contributed by atoms with Crippen LogP contribution in [0.4, 0.5) is 5.13 Å². The quantitative estimate of drug-likeness (QED) is 0.883. The molecule has 2 saturated heterocycles. The number of rotatable bonds is 3. The molecule has 1 aromatic heterocycles. The van der Waals surface area contributed by atoms with Crippen molar-refractivity contribution in [3.63, 3.8) is 0 Å². The van der Waals surface area contributed by atoms with Gasteiger partial charge in [0, 0.05) is 37.0 Å². The number of aliphatic hydroxyl groups is 1. The molecule has 2 atom stereocenters. The fourth-order valence-electron chi connectivity index (χ4n) is 3.66. The van der Waals surface area contributed by atoms with Crippen molar-refractivity contribution in [1.29, 1.82) is 0 Å². The molecule has 3 rings (SSSR count). The van der Waals surface area contributed by atoms with Crippen LogP contribution in [0.15, 0.2) is 0 Å². The first kappa shape index (κ1) is 17.6. The number of aromatic nitrogens is 1. The molecule has 2 aliphatic rings. The van der Waals surface area contributed by atoms with Crippen molar-refractivity contribution in [1.82, 2.24) is 14.8 Å². The Morgan fingerprint density at radius 3 is 2.67 bits per heavy atom. The molecule has 2 fully saturated rings. The van der Waals surface area contributed by atoms with Gasteiger partial charge in [-0.3, -0.25) is 4.79 Å². The van der Waals surface area contributed by atoms with Crippen LogP contribution < -0.4 is 4.90 Å². The van der Waals surface area contributed by atoms with Crippen LogP contribution in [0.5, 0.6) is 0 Å². The summed E-state index contributed by atoms with van der Waals surface area (Å²) < 4.78 is 0. The molecule has 24 heavy (non-hydrogen) atoms. The van der Waals surface area contributed by atoms with E-state index in [0.717, 1.165) is 30.3 Å². The molecule has 134 valence electrons. The molecule has 0 spiro atoms. The molecular weight excluding hydrogens is 324 g/mol. The summed E-state index contributed by atoms with van der Waals surface area (Å²) in [7, 11) is 3.82. The van der Waals surface area contributed by atoms with E-state index in [-0.39, 0.29) is 11.8 Å². The second-order valence-corrected chi connectivity index (χ2v) is 8.64. The Hall–Kier alpha value is -1.18. The zero-order chi connectivity index (χ0) is 17.5. The molecule has 0 aromatic carbocycles. The highest BCUT2D eigenvalue weighted by Gasteiger charge is 2.46. The van der Waals surface area contributed by atoms with Crippen LogP contribution in [-0.4, -0.2) is 78.2 Å². The molecule has 0 unspecified atom stereocenters. The first-order valence-electron chi connectivity index (χ1n) is 8.62. The summed E-state index contributed by atoms with van der Waals surface area (Å²) in [6.45, 7) is 7.48. The zero-order valence-corrected chi connectivity index (χ0v) is 15.9. The lowest BCUT2D eigenvalue weighted by Crippen LogP contribution is -2.61. The minimum absolute atomic E-state index is 0.0932. The second-order valence-electron chi connectivity index (χ2n) is 7.46. The number of fused-ring (bicyclic) bond motifs is 1. The van der Waals surface area contributed by atoms with Crippen LogP contribution >= 0.6 is 11.3 Å². The smallest absolute Gasteiger partial charge is 0.236 e. The van der Waals surface area contributed by atoms with Crippen molar-refractivity contribution in [3.8, 4) is 0 Å². The van der Waals surface area contributed by atoms with Gasteiger partial charge in [0.15, 0.2) is 5.13 Å². The highest BCUT2D eigenvalue weighted by molar-refractivity contribution is 7.15. The second kappa shape index (κ2) is 6.61. The third-order valence-corrected chi connectivity index (χ3v) is 6.50. The fourth-order valence-corrected chi connectivity index (χ4v) is 4.61. The van der Waals surface area contributed by atoms with E-state index in [4.69, 9.17) is 0 Å². The van der Waals surface area contributed by atoms with E-state index < -0.39 is 5.60 Å². The Labute approximate surface area is 148 Å². The summed E-state index contributed by atoms with van der Waals surface area (Å²) in [4.78, 5) is 24.4. The van der Waals surface area contributed by atoms with Crippen LogP contribution in [0.3, 0.4) is 0 Å². The predicted molar refractivity (Wildman–Crippen MR) is 96.6 cm³/mol. The van der Waals surface area contributed by atoms with Gasteiger partial charge in [0.1, 0.15) is 0 Å². The Balaban J connectivity index is 1.70. The Kier molecular flexibility index (Phi) is 4.86. The minimum Gasteiger partial charge on any atom is -0.389 e. The van der Waals surface area contributed by atoms with E-state index in [0.29, 0.717) is 26.1 Å². The number of anilines is 1. The van der Waals surface area contributed by atoms with Crippen molar-refractivity contribution < 1.29 is 9.90 Å². The number of piperidine rings is 2. The molecule has 6 nitrogen and oxygen atoms in total. The molecule has 1 aromatic rings. The summed E-state index contributed by atoms with van der Waals surface area (Å²) in [5, 5.41) is 12.1. The fraction of sp³-hybridized carbons (Fsp3) is 0.765. The van der Waals surface area contributed by atoms with Gasteiger partial charge in [0.25, 0.3) is 0 Å². The van der Waals surface area contributed by atoms with Gasteiger partial charge in [-0.1, -0.05) is 0 Å². The molecule has 0 saturated carbocycles. The van der Waals surface area contributed by atoms with Crippen LogP contribution in [0.25, 0.3) is 0 Å². The maximum Gasteiger partial charge on any atom is 0.236 e. The highest BCUT2D eigenvalue weighted by atomic mass is 32.1. The van der Waals surface area contributed by atoms with Gasteiger partial charge in [-0.2, -0.15) is 0 Å². The SMILES string of the molecule is Cc1nc(N2CC[C@@]3(O)CCN(C(=O)CN(C)C)C[C@H]3C2)sc1C. The molecular formula is C17H28N4O2S. The van der Waals surface area contributed by atoms with Gasteiger partial charge < -0.3 is 19.8 Å². The molecule has 1 amide bonds. The largest absolute Gasteiger partial charge is 0.389 e. The van der Waals surface area contributed by atoms with E-state index in [1.54, 1.807) is 11.3 Å². The van der Waals surface area contributed by atoms with Crippen molar-refractivity contribution in [2.24, 2.45) is 5.92 Å². The van der Waals surface area contributed by atoms with E-state index in [1.165, 1.54) is 4.88 Å². The van der Waals surface area contributed by atoms with Gasteiger partial charge in [0.2, 0.25) is 5.91 Å². The summed E-state index contributed by atoms with van der Waals surface area (Å²) in [6, 6.07) is 0. The Morgan fingerprint density at radius 1 is 1.33 bits per heavy atom. The van der Waals surface area contributed by atoms with Crippen molar-refractivity contribution in [2.45, 2.75) is 32.3 Å². The monoisotopic (exact) mass is 352 g/mol. The standard InChI is InChI=1S/C17H28N4O2S/c1-12-13(2)24-16(18-12)21-8-6-17(23)5-7-20(9-14(17)10-21)15(22)11-19(3)4/h14,23H,5-11H2,1-4H3/t14-,17-/m0/s1. The first-order chi connectivity index (χ1) is 11.3. The molecule has 7 heteroatoms. The maximum absolute atomic E-state index is 12.4. The molecule has 2 aliphatic heterocycles. The maximum atomic E-state index is 12.4. The number of likely N-dealkylation sites (N-methyl/N-ethyl adjacent to an activating group) is 1. The summed E-state index contributed by atoms with van der Waals surface area (Å²) >= 11 is 1.72. The number of amides is 1. The first-order valence-corrected chi connectivity index (χ1v) is 9.44. The number of nitrogens with zero attached hydrogens (tertiary/aromatic N) is 4. The van der Waals surface area contributed by atoms with Crippen LogP contribution in [-0.2, 0) is 4.79 Å². The lowest BCUT2D eigenvalue weighted by molar-refractivity contribution is -0.141. The van der Waals surface area contributed by atoms with Gasteiger partial charge in [-0.15, -0.1) is 11.3 Å². The average Bonchev–Trinajstić information content (AvgIpc) is 2.84. The van der Waals surface area contributed by atoms with Gasteiger partial charge in [-0.25, -0.2) is 4.98 Å². The Bertz CT molecular complexity index is 598. The van der Waals surface area contributed by atoms with Gasteiger partial charge in [-0.05, 0) is 40.8 Å². The number of hydrogen-bond donors (Lipinski definition) is 1. The highest BCUT2D eigenvalue weighted by Crippen LogP contribution is 2.38. The summed E-state index contributed by atoms with van der Waals surface area (Å²) in [5.74, 6) is 0.246. The average molecular weight is 353 g/mol. The third-order valence-electron chi connectivity index (χ3n) is 5.36. The van der Waals surface area contributed by atoms with E-state index in [9.17, 15) is 9.90 Å². The number of likely N-dealkylation sites (tertiary alicyclic amines) is 1. The van der Waals surface area contributed by atoms with E-state index in [1.807, 2.05) is 30.8 Å². The molecule has 0 bridgehead atoms. The molecule has 3 heterocycles. The summed E-state index contributed by atoms with van der Waals surface area (Å²) in [5.41, 5.74) is 0.453. The van der Waals surface area contributed by atoms with Crippen molar-refractivity contribution in [2.75, 3.05) is 51.7 Å². The van der Waals surface area contributed by atoms with E-state index >= 15 is 0 Å². The topological polar surface area (TPSA) is 59.9 Å². The van der Waals surface area contributed by atoms with E-state index in [2.05, 4.69) is 16.8 Å². The summed E-state index contributed by atoms with van der Waals surface area (Å²) in [6.07, 6.45) is 1.44. The predicted octanol–water partition coefficient (Wildman–Crippen LogP) is 1.11. The van der Waals surface area contributed by atoms with Crippen LogP contribution in [0, 0.1) is 19.8 Å². The number of carbonyl (C=O) groups is 1. The van der Waals surface area contributed by atoms with Crippen LogP contribution in [0.1, 0.15) is 23.4 Å². The molecule has 1 N–H and O–H groups in total. The minimum atomic E-state index is -0.632. The molecule has 0 aliphatic carbocycles. The molecule has 0 radical (unpaired) electrons. The number of aryl methyl sites for hydroxylation is 2. The normalized spacial score (nSPS) is 27.5. The lowest BCUT2D eigenvalue weighted by atomic mass is 9.76.